The molecule has 0 radical (unpaired) electrons. The first-order chi connectivity index (χ1) is 16.2. The summed E-state index contributed by atoms with van der Waals surface area (Å²) in [6, 6.07) is 14.2. The van der Waals surface area contributed by atoms with Crippen molar-refractivity contribution in [3.05, 3.63) is 76.6 Å². The summed E-state index contributed by atoms with van der Waals surface area (Å²) in [5.74, 6) is 0.737. The first-order valence-electron chi connectivity index (χ1n) is 11.2. The van der Waals surface area contributed by atoms with E-state index in [9.17, 15) is 10.1 Å². The van der Waals surface area contributed by atoms with Gasteiger partial charge in [-0.3, -0.25) is 14.0 Å². The summed E-state index contributed by atoms with van der Waals surface area (Å²) in [5.41, 5.74) is 8.49. The monoisotopic (exact) mass is 442 g/mol. The Balaban J connectivity index is 1.66. The van der Waals surface area contributed by atoms with Crippen LogP contribution in [0.5, 0.6) is 0 Å². The fourth-order valence-corrected chi connectivity index (χ4v) is 4.61. The Labute approximate surface area is 191 Å². The van der Waals surface area contributed by atoms with Crippen LogP contribution in [0, 0.1) is 11.3 Å². The van der Waals surface area contributed by atoms with Gasteiger partial charge in [-0.15, -0.1) is 0 Å². The fraction of sp³-hybridized carbons (Fsp3) is 0.333. The maximum absolute atomic E-state index is 13.6. The van der Waals surface area contributed by atoms with Crippen molar-refractivity contribution in [3.63, 3.8) is 0 Å². The number of fused-ring (bicyclic) bond motifs is 1. The van der Waals surface area contributed by atoms with Crippen molar-refractivity contribution in [1.82, 2.24) is 23.9 Å². The van der Waals surface area contributed by atoms with Gasteiger partial charge in [0.2, 0.25) is 0 Å². The highest BCUT2D eigenvalue weighted by molar-refractivity contribution is 5.89. The van der Waals surface area contributed by atoms with E-state index in [0.717, 1.165) is 30.8 Å². The van der Waals surface area contributed by atoms with Crippen molar-refractivity contribution in [3.8, 4) is 6.07 Å². The molecule has 2 N–H and O–H groups in total. The number of nitriles is 1. The largest absolute Gasteiger partial charge is 0.355 e. The molecule has 0 amide bonds. The molecular formula is C24H26N8O. The number of aryl methyl sites for hydroxylation is 2. The summed E-state index contributed by atoms with van der Waals surface area (Å²) in [5, 5.41) is 14.3. The van der Waals surface area contributed by atoms with Crippen molar-refractivity contribution in [2.75, 3.05) is 18.0 Å². The van der Waals surface area contributed by atoms with Gasteiger partial charge in [-0.1, -0.05) is 30.3 Å². The quantitative estimate of drug-likeness (QED) is 0.489. The summed E-state index contributed by atoms with van der Waals surface area (Å²) in [4.78, 5) is 20.4. The Morgan fingerprint density at radius 3 is 2.76 bits per heavy atom. The Hall–Kier alpha value is -3.90. The molecule has 3 aromatic heterocycles. The average Bonchev–Trinajstić information content (AvgIpc) is 3.45. The van der Waals surface area contributed by atoms with Crippen molar-refractivity contribution < 1.29 is 0 Å². The lowest BCUT2D eigenvalue weighted by molar-refractivity contribution is 0.498. The van der Waals surface area contributed by atoms with Crippen LogP contribution in [0.2, 0.25) is 0 Å². The van der Waals surface area contributed by atoms with Crippen LogP contribution < -0.4 is 16.2 Å². The number of anilines is 1. The van der Waals surface area contributed by atoms with E-state index in [1.54, 1.807) is 15.4 Å². The highest BCUT2D eigenvalue weighted by atomic mass is 16.1. The van der Waals surface area contributed by atoms with E-state index < -0.39 is 0 Å². The maximum Gasteiger partial charge on any atom is 0.278 e. The van der Waals surface area contributed by atoms with E-state index in [-0.39, 0.29) is 11.6 Å². The van der Waals surface area contributed by atoms with Crippen LogP contribution in [0.1, 0.15) is 24.0 Å². The smallest absolute Gasteiger partial charge is 0.278 e. The molecular weight excluding hydrogens is 416 g/mol. The minimum Gasteiger partial charge on any atom is -0.355 e. The molecule has 1 atom stereocenters. The number of nitrogens with zero attached hydrogens (tertiary/aromatic N) is 7. The second kappa shape index (κ2) is 8.92. The maximum atomic E-state index is 13.6. The van der Waals surface area contributed by atoms with Crippen LogP contribution in [0.25, 0.3) is 11.0 Å². The normalized spacial score (nSPS) is 16.2. The van der Waals surface area contributed by atoms with E-state index in [4.69, 9.17) is 5.73 Å². The summed E-state index contributed by atoms with van der Waals surface area (Å²) >= 11 is 0. The third-order valence-electron chi connectivity index (χ3n) is 6.18. The van der Waals surface area contributed by atoms with Crippen molar-refractivity contribution in [2.45, 2.75) is 38.5 Å². The third kappa shape index (κ3) is 4.01. The van der Waals surface area contributed by atoms with Crippen molar-refractivity contribution in [1.29, 1.82) is 5.26 Å². The predicted octanol–water partition coefficient (Wildman–Crippen LogP) is 1.94. The molecule has 1 aliphatic rings. The van der Waals surface area contributed by atoms with Gasteiger partial charge in [0.15, 0.2) is 0 Å². The molecule has 4 heterocycles. The van der Waals surface area contributed by atoms with E-state index in [0.29, 0.717) is 42.8 Å². The molecule has 0 bridgehead atoms. The molecule has 1 aliphatic heterocycles. The molecule has 0 unspecified atom stereocenters. The lowest BCUT2D eigenvalue weighted by atomic mass is 10.1. The van der Waals surface area contributed by atoms with E-state index in [1.165, 1.54) is 6.33 Å². The molecule has 9 heteroatoms. The number of aromatic nitrogens is 5. The molecule has 0 saturated carbocycles. The minimum absolute atomic E-state index is 0.0344. The van der Waals surface area contributed by atoms with Gasteiger partial charge in [-0.05, 0) is 24.5 Å². The third-order valence-corrected chi connectivity index (χ3v) is 6.18. The lowest BCUT2D eigenvalue weighted by Crippen LogP contribution is -2.44. The number of piperidine rings is 1. The second-order valence-corrected chi connectivity index (χ2v) is 8.44. The van der Waals surface area contributed by atoms with Crippen molar-refractivity contribution in [2.24, 2.45) is 5.73 Å². The minimum atomic E-state index is -0.160. The molecule has 168 valence electrons. The number of hydrogen-bond donors (Lipinski definition) is 1. The summed E-state index contributed by atoms with van der Waals surface area (Å²) in [6.45, 7) is 2.90. The van der Waals surface area contributed by atoms with Gasteiger partial charge >= 0.3 is 0 Å². The SMILES string of the molecule is N#Cc1c(N2CCC[C@H](N)C2)n(Cc2ccccc2)c2c(=O)n(CCn3cccn3)cnc12. The zero-order valence-corrected chi connectivity index (χ0v) is 18.3. The number of hydrogen-bond acceptors (Lipinski definition) is 6. The number of benzene rings is 1. The van der Waals surface area contributed by atoms with Gasteiger partial charge in [0.25, 0.3) is 5.56 Å². The first-order valence-corrected chi connectivity index (χ1v) is 11.2. The Kier molecular flexibility index (Phi) is 5.67. The second-order valence-electron chi connectivity index (χ2n) is 8.44. The van der Waals surface area contributed by atoms with Crippen LogP contribution in [0.3, 0.4) is 0 Å². The number of nitrogens with two attached hydrogens (primary N) is 1. The van der Waals surface area contributed by atoms with Gasteiger partial charge < -0.3 is 15.2 Å². The topological polar surface area (TPSA) is 111 Å². The molecule has 33 heavy (non-hydrogen) atoms. The van der Waals surface area contributed by atoms with E-state index in [1.807, 2.05) is 47.2 Å². The average molecular weight is 443 g/mol. The summed E-state index contributed by atoms with van der Waals surface area (Å²) in [7, 11) is 0. The highest BCUT2D eigenvalue weighted by Crippen LogP contribution is 2.32. The molecule has 0 spiro atoms. The van der Waals surface area contributed by atoms with Crippen LogP contribution >= 0.6 is 0 Å². The summed E-state index contributed by atoms with van der Waals surface area (Å²) in [6.07, 6.45) is 7.01. The molecule has 1 fully saturated rings. The Morgan fingerprint density at radius 2 is 2.03 bits per heavy atom. The fourth-order valence-electron chi connectivity index (χ4n) is 4.61. The number of rotatable bonds is 6. The Bertz CT molecular complexity index is 1350. The molecule has 5 rings (SSSR count). The molecule has 0 aliphatic carbocycles. The standard InChI is InChI=1S/C24H26N8O/c25-14-20-21-22(24(33)30(17-27-21)12-13-31-11-5-9-28-31)32(15-18-6-2-1-3-7-18)23(20)29-10-4-8-19(26)16-29/h1-3,5-7,9,11,17,19H,4,8,10,12-13,15-16,26H2/t19-/m0/s1. The first kappa shape index (κ1) is 21.0. The van der Waals surface area contributed by atoms with Gasteiger partial charge in [-0.2, -0.15) is 10.4 Å². The molecule has 1 aromatic carbocycles. The van der Waals surface area contributed by atoms with Crippen LogP contribution in [0.15, 0.2) is 59.9 Å². The molecule has 4 aromatic rings. The van der Waals surface area contributed by atoms with Crippen LogP contribution in [-0.4, -0.2) is 43.0 Å². The van der Waals surface area contributed by atoms with Gasteiger partial charge in [0, 0.05) is 44.6 Å². The Morgan fingerprint density at radius 1 is 1.18 bits per heavy atom. The zero-order valence-electron chi connectivity index (χ0n) is 18.3. The lowest BCUT2D eigenvalue weighted by Gasteiger charge is -2.33. The van der Waals surface area contributed by atoms with Gasteiger partial charge in [0.05, 0.1) is 12.9 Å². The van der Waals surface area contributed by atoms with Crippen molar-refractivity contribution >= 4 is 16.9 Å². The van der Waals surface area contributed by atoms with Gasteiger partial charge in [-0.25, -0.2) is 4.98 Å². The summed E-state index contributed by atoms with van der Waals surface area (Å²) < 4.78 is 5.33. The predicted molar refractivity (Wildman–Crippen MR) is 126 cm³/mol. The zero-order chi connectivity index (χ0) is 22.8. The molecule has 1 saturated heterocycles. The van der Waals surface area contributed by atoms with E-state index in [2.05, 4.69) is 21.1 Å². The van der Waals surface area contributed by atoms with E-state index >= 15 is 0 Å². The van der Waals surface area contributed by atoms with Crippen LogP contribution in [0.4, 0.5) is 5.82 Å². The molecule has 9 nitrogen and oxygen atoms in total. The van der Waals surface area contributed by atoms with Gasteiger partial charge in [0.1, 0.15) is 28.5 Å². The van der Waals surface area contributed by atoms with Crippen LogP contribution in [-0.2, 0) is 19.6 Å². The highest BCUT2D eigenvalue weighted by Gasteiger charge is 2.28.